The molecule has 98 valence electrons. The van der Waals surface area contributed by atoms with Crippen LogP contribution in [0.1, 0.15) is 24.4 Å². The molecule has 0 radical (unpaired) electrons. The molecule has 0 spiro atoms. The first-order chi connectivity index (χ1) is 8.58. The van der Waals surface area contributed by atoms with Gasteiger partial charge < -0.3 is 20.3 Å². The van der Waals surface area contributed by atoms with E-state index in [4.69, 9.17) is 20.3 Å². The Morgan fingerprint density at radius 3 is 2.61 bits per heavy atom. The molecule has 1 aliphatic heterocycles. The molecule has 0 aromatic heterocycles. The number of aliphatic carboxylic acids is 1. The molecule has 1 aromatic carbocycles. The molecule has 6 heteroatoms. The lowest BCUT2D eigenvalue weighted by Gasteiger charge is -2.21. The molecule has 0 bridgehead atoms. The maximum atomic E-state index is 10.5. The highest BCUT2D eigenvalue weighted by atomic mass is 79.9. The van der Waals surface area contributed by atoms with Crippen LogP contribution in [0.3, 0.4) is 0 Å². The van der Waals surface area contributed by atoms with E-state index in [9.17, 15) is 4.79 Å². The molecule has 18 heavy (non-hydrogen) atoms. The number of benzene rings is 1. The average Bonchev–Trinajstić information content (AvgIpc) is 2.35. The molecular weight excluding hydrogens is 302 g/mol. The summed E-state index contributed by atoms with van der Waals surface area (Å²) in [4.78, 5) is 10.5. The van der Waals surface area contributed by atoms with Crippen molar-refractivity contribution in [2.24, 2.45) is 5.73 Å². The molecule has 0 saturated carbocycles. The third kappa shape index (κ3) is 2.94. The van der Waals surface area contributed by atoms with E-state index >= 15 is 0 Å². The lowest BCUT2D eigenvalue weighted by Crippen LogP contribution is -2.17. The van der Waals surface area contributed by atoms with Crippen molar-refractivity contribution in [2.75, 3.05) is 13.2 Å². The first kappa shape index (κ1) is 13.2. The molecule has 0 fully saturated rings. The van der Waals surface area contributed by atoms with Crippen LogP contribution in [-0.2, 0) is 4.79 Å². The van der Waals surface area contributed by atoms with Crippen molar-refractivity contribution in [1.29, 1.82) is 0 Å². The van der Waals surface area contributed by atoms with E-state index in [1.807, 2.05) is 12.1 Å². The van der Waals surface area contributed by atoms with Gasteiger partial charge in [-0.2, -0.15) is 0 Å². The summed E-state index contributed by atoms with van der Waals surface area (Å²) < 4.78 is 11.7. The van der Waals surface area contributed by atoms with Crippen LogP contribution in [0.4, 0.5) is 0 Å². The number of hydrogen-bond donors (Lipinski definition) is 2. The van der Waals surface area contributed by atoms with Crippen molar-refractivity contribution in [3.05, 3.63) is 22.2 Å². The van der Waals surface area contributed by atoms with Gasteiger partial charge in [-0.3, -0.25) is 4.79 Å². The van der Waals surface area contributed by atoms with E-state index in [-0.39, 0.29) is 12.5 Å². The number of carboxylic acid groups (broad SMARTS) is 1. The van der Waals surface area contributed by atoms with E-state index in [0.717, 1.165) is 10.0 Å². The molecule has 0 saturated heterocycles. The van der Waals surface area contributed by atoms with E-state index in [1.54, 1.807) is 0 Å². The Morgan fingerprint density at radius 2 is 2.00 bits per heavy atom. The van der Waals surface area contributed by atoms with E-state index in [0.29, 0.717) is 31.1 Å². The van der Waals surface area contributed by atoms with Gasteiger partial charge in [0, 0.05) is 16.9 Å². The summed E-state index contributed by atoms with van der Waals surface area (Å²) in [5, 5.41) is 8.66. The van der Waals surface area contributed by atoms with Crippen LogP contribution in [-0.4, -0.2) is 24.3 Å². The van der Waals surface area contributed by atoms with Crippen LogP contribution in [0.15, 0.2) is 16.6 Å². The summed E-state index contributed by atoms with van der Waals surface area (Å²) in [7, 11) is 0. The van der Waals surface area contributed by atoms with Crippen LogP contribution < -0.4 is 15.2 Å². The molecule has 2 rings (SSSR count). The molecule has 1 aliphatic rings. The summed E-state index contributed by atoms with van der Waals surface area (Å²) in [5.41, 5.74) is 6.82. The van der Waals surface area contributed by atoms with E-state index in [2.05, 4.69) is 15.9 Å². The van der Waals surface area contributed by atoms with E-state index in [1.165, 1.54) is 0 Å². The molecule has 1 unspecified atom stereocenters. The molecular formula is C12H14BrNO4. The van der Waals surface area contributed by atoms with Gasteiger partial charge in [0.2, 0.25) is 0 Å². The second-order valence-corrected chi connectivity index (χ2v) is 4.91. The normalized spacial score (nSPS) is 15.2. The largest absolute Gasteiger partial charge is 0.486 e. The van der Waals surface area contributed by atoms with Gasteiger partial charge in [0.05, 0.1) is 0 Å². The average molecular weight is 316 g/mol. The lowest BCUT2D eigenvalue weighted by atomic mass is 10.0. The second kappa shape index (κ2) is 5.58. The maximum absolute atomic E-state index is 10.5. The third-order valence-corrected chi connectivity index (χ3v) is 3.42. The Balaban J connectivity index is 2.19. The minimum atomic E-state index is -0.848. The Morgan fingerprint density at radius 1 is 1.39 bits per heavy atom. The Hall–Kier alpha value is -1.27. The SMILES string of the molecule is NC(CCC(=O)O)c1cc2c(cc1Br)OCCO2. The molecule has 0 amide bonds. The van der Waals surface area contributed by atoms with Crippen molar-refractivity contribution >= 4 is 21.9 Å². The number of hydrogen-bond acceptors (Lipinski definition) is 4. The molecule has 1 aromatic rings. The van der Waals surface area contributed by atoms with Crippen molar-refractivity contribution in [2.45, 2.75) is 18.9 Å². The fourth-order valence-electron chi connectivity index (χ4n) is 1.80. The molecule has 5 nitrogen and oxygen atoms in total. The van der Waals surface area contributed by atoms with Crippen LogP contribution in [0, 0.1) is 0 Å². The predicted molar refractivity (Wildman–Crippen MR) is 68.9 cm³/mol. The van der Waals surface area contributed by atoms with Crippen LogP contribution >= 0.6 is 15.9 Å². The lowest BCUT2D eigenvalue weighted by molar-refractivity contribution is -0.137. The molecule has 3 N–H and O–H groups in total. The summed E-state index contributed by atoms with van der Waals surface area (Å²) in [6.07, 6.45) is 0.426. The number of nitrogens with two attached hydrogens (primary N) is 1. The van der Waals surface area contributed by atoms with Crippen LogP contribution in [0.2, 0.25) is 0 Å². The zero-order valence-electron chi connectivity index (χ0n) is 9.69. The Labute approximate surface area is 113 Å². The van der Waals surface area contributed by atoms with Gasteiger partial charge in [0.25, 0.3) is 0 Å². The highest BCUT2D eigenvalue weighted by Crippen LogP contribution is 2.38. The topological polar surface area (TPSA) is 81.8 Å². The number of carbonyl (C=O) groups is 1. The minimum absolute atomic E-state index is 0.0437. The summed E-state index contributed by atoms with van der Waals surface area (Å²) in [5.74, 6) is 0.492. The Bertz CT molecular complexity index is 464. The smallest absolute Gasteiger partial charge is 0.303 e. The van der Waals surface area contributed by atoms with Gasteiger partial charge in [0.15, 0.2) is 11.5 Å². The highest BCUT2D eigenvalue weighted by Gasteiger charge is 2.18. The number of carboxylic acids is 1. The number of halogens is 1. The number of rotatable bonds is 4. The quantitative estimate of drug-likeness (QED) is 0.889. The van der Waals surface area contributed by atoms with E-state index < -0.39 is 5.97 Å². The summed E-state index contributed by atoms with van der Waals surface area (Å²) >= 11 is 3.42. The van der Waals surface area contributed by atoms with Crippen molar-refractivity contribution in [3.8, 4) is 11.5 Å². The monoisotopic (exact) mass is 315 g/mol. The molecule has 1 atom stereocenters. The highest BCUT2D eigenvalue weighted by molar-refractivity contribution is 9.10. The maximum Gasteiger partial charge on any atom is 0.303 e. The number of ether oxygens (including phenoxy) is 2. The summed E-state index contributed by atoms with van der Waals surface area (Å²) in [6.45, 7) is 1.04. The fourth-order valence-corrected chi connectivity index (χ4v) is 2.41. The van der Waals surface area contributed by atoms with Crippen molar-refractivity contribution in [1.82, 2.24) is 0 Å². The predicted octanol–water partition coefficient (Wildman–Crippen LogP) is 2.08. The van der Waals surface area contributed by atoms with Gasteiger partial charge >= 0.3 is 5.97 Å². The first-order valence-corrected chi connectivity index (χ1v) is 6.43. The fraction of sp³-hybridized carbons (Fsp3) is 0.417. The standard InChI is InChI=1S/C12H14BrNO4/c13-8-6-11-10(17-3-4-18-11)5-7(8)9(14)1-2-12(15)16/h5-6,9H,1-4,14H2,(H,15,16). The first-order valence-electron chi connectivity index (χ1n) is 5.64. The zero-order valence-corrected chi connectivity index (χ0v) is 11.3. The minimum Gasteiger partial charge on any atom is -0.486 e. The van der Waals surface area contributed by atoms with Crippen molar-refractivity contribution in [3.63, 3.8) is 0 Å². The van der Waals surface area contributed by atoms with Gasteiger partial charge in [-0.15, -0.1) is 0 Å². The van der Waals surface area contributed by atoms with Crippen LogP contribution in [0.25, 0.3) is 0 Å². The van der Waals surface area contributed by atoms with Gasteiger partial charge in [-0.1, -0.05) is 15.9 Å². The molecule has 0 aliphatic carbocycles. The van der Waals surface area contributed by atoms with Crippen molar-refractivity contribution < 1.29 is 19.4 Å². The number of fused-ring (bicyclic) bond motifs is 1. The third-order valence-electron chi connectivity index (χ3n) is 2.73. The second-order valence-electron chi connectivity index (χ2n) is 4.06. The van der Waals surface area contributed by atoms with Crippen LogP contribution in [0.5, 0.6) is 11.5 Å². The zero-order chi connectivity index (χ0) is 13.1. The van der Waals surface area contributed by atoms with Gasteiger partial charge in [0.1, 0.15) is 13.2 Å². The Kier molecular flexibility index (Phi) is 4.08. The summed E-state index contributed by atoms with van der Waals surface area (Å²) in [6, 6.07) is 3.28. The van der Waals surface area contributed by atoms with Gasteiger partial charge in [-0.05, 0) is 24.1 Å². The van der Waals surface area contributed by atoms with Gasteiger partial charge in [-0.25, -0.2) is 0 Å². The molecule has 1 heterocycles.